The summed E-state index contributed by atoms with van der Waals surface area (Å²) >= 11 is 3.41. The first kappa shape index (κ1) is 16.3. The summed E-state index contributed by atoms with van der Waals surface area (Å²) in [6.45, 7) is 5.74. The van der Waals surface area contributed by atoms with Gasteiger partial charge in [-0.3, -0.25) is 4.84 Å². The second-order valence-corrected chi connectivity index (χ2v) is 4.93. The largest absolute Gasteiger partial charge is 0.535 e. The number of carbonyl (C=O) groups excluding carboxylic acids is 1. The maximum absolute atomic E-state index is 10.9. The summed E-state index contributed by atoms with van der Waals surface area (Å²) in [4.78, 5) is 15.3. The molecule has 0 aliphatic carbocycles. The van der Waals surface area contributed by atoms with Gasteiger partial charge in [-0.1, -0.05) is 21.1 Å². The molecule has 1 rings (SSSR count). The fourth-order valence-corrected chi connectivity index (χ4v) is 2.22. The summed E-state index contributed by atoms with van der Waals surface area (Å²) in [5.74, 6) is 0.766. The molecule has 20 heavy (non-hydrogen) atoms. The van der Waals surface area contributed by atoms with Gasteiger partial charge in [-0.15, -0.1) is 0 Å². The van der Waals surface area contributed by atoms with Crippen molar-refractivity contribution in [2.24, 2.45) is 10.9 Å². The zero-order valence-corrected chi connectivity index (χ0v) is 13.2. The van der Waals surface area contributed by atoms with Crippen LogP contribution in [0.5, 0.6) is 5.75 Å². The van der Waals surface area contributed by atoms with E-state index in [0.717, 1.165) is 21.3 Å². The summed E-state index contributed by atoms with van der Waals surface area (Å²) in [6.07, 6.45) is -0.897. The van der Waals surface area contributed by atoms with Crippen LogP contribution in [0, 0.1) is 13.8 Å². The summed E-state index contributed by atoms with van der Waals surface area (Å²) < 4.78 is 11.1. The van der Waals surface area contributed by atoms with Gasteiger partial charge in [0.1, 0.15) is 12.4 Å². The number of oxime groups is 1. The lowest BCUT2D eigenvalue weighted by atomic mass is 10.1. The lowest BCUT2D eigenvalue weighted by Gasteiger charge is -2.12. The van der Waals surface area contributed by atoms with Crippen molar-refractivity contribution in [1.82, 2.24) is 0 Å². The minimum absolute atomic E-state index is 0.0166. The minimum Gasteiger partial charge on any atom is -0.485 e. The van der Waals surface area contributed by atoms with Gasteiger partial charge in [0.05, 0.1) is 6.61 Å². The van der Waals surface area contributed by atoms with Crippen LogP contribution < -0.4 is 10.5 Å². The molecular formula is C13H17BrN2O4. The summed E-state index contributed by atoms with van der Waals surface area (Å²) in [5, 5.41) is 3.42. The molecule has 0 aromatic heterocycles. The van der Waals surface area contributed by atoms with Crippen LogP contribution in [-0.2, 0) is 9.57 Å². The van der Waals surface area contributed by atoms with E-state index in [-0.39, 0.29) is 19.0 Å². The topological polar surface area (TPSA) is 83.1 Å². The van der Waals surface area contributed by atoms with Crippen LogP contribution in [-0.4, -0.2) is 25.2 Å². The Morgan fingerprint density at radius 2 is 1.95 bits per heavy atom. The molecule has 0 bridgehead atoms. The van der Waals surface area contributed by atoms with E-state index < -0.39 is 6.16 Å². The molecule has 0 radical (unpaired) electrons. The maximum atomic E-state index is 10.9. The number of rotatable bonds is 5. The predicted octanol–water partition coefficient (Wildman–Crippen LogP) is 2.89. The van der Waals surface area contributed by atoms with Crippen molar-refractivity contribution in [2.75, 3.05) is 13.2 Å². The van der Waals surface area contributed by atoms with E-state index in [2.05, 4.69) is 30.7 Å². The number of aryl methyl sites for hydroxylation is 2. The second kappa shape index (κ2) is 7.74. The molecule has 0 heterocycles. The van der Waals surface area contributed by atoms with Gasteiger partial charge >= 0.3 is 6.16 Å². The van der Waals surface area contributed by atoms with Crippen LogP contribution in [0.1, 0.15) is 18.1 Å². The molecule has 0 atom stereocenters. The zero-order chi connectivity index (χ0) is 15.1. The molecule has 0 amide bonds. The zero-order valence-electron chi connectivity index (χ0n) is 11.6. The molecule has 0 fully saturated rings. The number of ether oxygens (including phenoxy) is 2. The van der Waals surface area contributed by atoms with Crippen LogP contribution in [0.15, 0.2) is 21.8 Å². The molecular weight excluding hydrogens is 328 g/mol. The molecule has 0 spiro atoms. The first-order chi connectivity index (χ1) is 9.43. The highest BCUT2D eigenvalue weighted by Crippen LogP contribution is 2.27. The van der Waals surface area contributed by atoms with E-state index in [9.17, 15) is 4.79 Å². The van der Waals surface area contributed by atoms with Gasteiger partial charge in [0.15, 0.2) is 5.84 Å². The van der Waals surface area contributed by atoms with Crippen molar-refractivity contribution in [2.45, 2.75) is 20.8 Å². The van der Waals surface area contributed by atoms with Crippen LogP contribution in [0.25, 0.3) is 0 Å². The Bertz CT molecular complexity index is 494. The average molecular weight is 345 g/mol. The first-order valence-electron chi connectivity index (χ1n) is 5.99. The number of hydrogen-bond acceptors (Lipinski definition) is 5. The molecule has 0 aliphatic heterocycles. The summed E-state index contributed by atoms with van der Waals surface area (Å²) in [7, 11) is 0. The van der Waals surface area contributed by atoms with Gasteiger partial charge in [-0.25, -0.2) is 4.79 Å². The number of benzene rings is 1. The molecule has 0 unspecified atom stereocenters. The van der Waals surface area contributed by atoms with Crippen LogP contribution >= 0.6 is 15.9 Å². The van der Waals surface area contributed by atoms with Crippen molar-refractivity contribution in [3.8, 4) is 5.75 Å². The number of nitrogens with zero attached hydrogens (tertiary/aromatic N) is 1. The molecule has 0 saturated heterocycles. The predicted molar refractivity (Wildman–Crippen MR) is 78.8 cm³/mol. The Hall–Kier alpha value is -1.76. The number of amidine groups is 1. The minimum atomic E-state index is -0.897. The van der Waals surface area contributed by atoms with Gasteiger partial charge < -0.3 is 15.2 Å². The number of halogens is 1. The Morgan fingerprint density at radius 1 is 1.35 bits per heavy atom. The smallest absolute Gasteiger partial charge is 0.485 e. The quantitative estimate of drug-likeness (QED) is 0.292. The third kappa shape index (κ3) is 5.08. The SMILES string of the molecule is CCOC(=O)O/N=C(\N)COc1c(C)cc(Br)cc1C. The lowest BCUT2D eigenvalue weighted by molar-refractivity contribution is 0.0608. The van der Waals surface area contributed by atoms with Gasteiger partial charge in [0, 0.05) is 4.47 Å². The van der Waals surface area contributed by atoms with E-state index in [1.54, 1.807) is 6.92 Å². The van der Waals surface area contributed by atoms with Crippen molar-refractivity contribution in [3.63, 3.8) is 0 Å². The van der Waals surface area contributed by atoms with E-state index in [1.165, 1.54) is 0 Å². The van der Waals surface area contributed by atoms with Crippen LogP contribution in [0.3, 0.4) is 0 Å². The summed E-state index contributed by atoms with van der Waals surface area (Å²) in [6, 6.07) is 3.87. The maximum Gasteiger partial charge on any atom is 0.535 e. The van der Waals surface area contributed by atoms with Crippen molar-refractivity contribution < 1.29 is 19.1 Å². The van der Waals surface area contributed by atoms with E-state index in [1.807, 2.05) is 26.0 Å². The monoisotopic (exact) mass is 344 g/mol. The van der Waals surface area contributed by atoms with Gasteiger partial charge in [0.25, 0.3) is 0 Å². The molecule has 1 aromatic carbocycles. The number of carbonyl (C=O) groups is 1. The lowest BCUT2D eigenvalue weighted by Crippen LogP contribution is -2.22. The van der Waals surface area contributed by atoms with E-state index in [4.69, 9.17) is 10.5 Å². The first-order valence-corrected chi connectivity index (χ1v) is 6.79. The average Bonchev–Trinajstić information content (AvgIpc) is 2.35. The Morgan fingerprint density at radius 3 is 2.50 bits per heavy atom. The Kier molecular flexibility index (Phi) is 6.30. The fraction of sp³-hybridized carbons (Fsp3) is 0.385. The van der Waals surface area contributed by atoms with Crippen LogP contribution in [0.4, 0.5) is 4.79 Å². The molecule has 0 aliphatic rings. The molecule has 6 nitrogen and oxygen atoms in total. The fourth-order valence-electron chi connectivity index (χ4n) is 1.54. The molecule has 1 aromatic rings. The highest BCUT2D eigenvalue weighted by molar-refractivity contribution is 9.10. The third-order valence-electron chi connectivity index (χ3n) is 2.29. The standard InChI is InChI=1S/C13H17BrN2O4/c1-4-18-13(17)20-16-11(15)7-19-12-8(2)5-10(14)6-9(12)3/h5-6H,4,7H2,1-3H3,(H2,15,16). The molecule has 2 N–H and O–H groups in total. The summed E-state index contributed by atoms with van der Waals surface area (Å²) in [5.41, 5.74) is 7.52. The molecule has 0 saturated carbocycles. The number of hydrogen-bond donors (Lipinski definition) is 1. The van der Waals surface area contributed by atoms with Crippen molar-refractivity contribution in [1.29, 1.82) is 0 Å². The van der Waals surface area contributed by atoms with E-state index >= 15 is 0 Å². The second-order valence-electron chi connectivity index (χ2n) is 4.01. The van der Waals surface area contributed by atoms with Gasteiger partial charge in [-0.05, 0) is 44.0 Å². The Labute approximate surface area is 126 Å². The third-order valence-corrected chi connectivity index (χ3v) is 2.75. The highest BCUT2D eigenvalue weighted by atomic mass is 79.9. The van der Waals surface area contributed by atoms with Gasteiger partial charge in [0.2, 0.25) is 0 Å². The highest BCUT2D eigenvalue weighted by Gasteiger charge is 2.07. The van der Waals surface area contributed by atoms with Crippen molar-refractivity contribution >= 4 is 27.9 Å². The molecule has 110 valence electrons. The van der Waals surface area contributed by atoms with Crippen LogP contribution in [0.2, 0.25) is 0 Å². The van der Waals surface area contributed by atoms with Crippen molar-refractivity contribution in [3.05, 3.63) is 27.7 Å². The van der Waals surface area contributed by atoms with Gasteiger partial charge in [-0.2, -0.15) is 0 Å². The number of nitrogens with two attached hydrogens (primary N) is 1. The Balaban J connectivity index is 2.59. The van der Waals surface area contributed by atoms with E-state index in [0.29, 0.717) is 0 Å². The molecule has 7 heteroatoms. The normalized spacial score (nSPS) is 11.1.